The molecule has 0 bridgehead atoms. The quantitative estimate of drug-likeness (QED) is 0.839. The van der Waals surface area contributed by atoms with Crippen LogP contribution in [0.15, 0.2) is 18.6 Å². The van der Waals surface area contributed by atoms with Crippen LogP contribution in [0.3, 0.4) is 0 Å². The summed E-state index contributed by atoms with van der Waals surface area (Å²) in [6.07, 6.45) is 7.67. The Morgan fingerprint density at radius 3 is 2.85 bits per heavy atom. The summed E-state index contributed by atoms with van der Waals surface area (Å²) >= 11 is 0. The van der Waals surface area contributed by atoms with Crippen molar-refractivity contribution in [1.29, 1.82) is 0 Å². The highest BCUT2D eigenvalue weighted by Crippen LogP contribution is 2.19. The van der Waals surface area contributed by atoms with E-state index in [0.717, 1.165) is 43.5 Å². The number of aryl methyl sites for hydroxylation is 2. The number of hydrogen-bond donors (Lipinski definition) is 1. The van der Waals surface area contributed by atoms with Gasteiger partial charge in [-0.2, -0.15) is 5.10 Å². The van der Waals surface area contributed by atoms with E-state index in [-0.39, 0.29) is 0 Å². The number of rotatable bonds is 7. The van der Waals surface area contributed by atoms with E-state index in [9.17, 15) is 0 Å². The van der Waals surface area contributed by atoms with Gasteiger partial charge in [0, 0.05) is 25.3 Å². The standard InChI is InChI=1S/C15H23N5/c1-3-12-7-15(20(4-2)18-12)10-19-9-14(17-11-19)8-16-13-5-6-13/h7,9,11,13,16H,3-6,8,10H2,1-2H3. The van der Waals surface area contributed by atoms with Gasteiger partial charge < -0.3 is 9.88 Å². The number of aromatic nitrogens is 4. The van der Waals surface area contributed by atoms with Crippen LogP contribution in [0.2, 0.25) is 0 Å². The summed E-state index contributed by atoms with van der Waals surface area (Å²) < 4.78 is 4.23. The molecule has 20 heavy (non-hydrogen) atoms. The fraction of sp³-hybridized carbons (Fsp3) is 0.600. The lowest BCUT2D eigenvalue weighted by atomic mass is 10.3. The van der Waals surface area contributed by atoms with Gasteiger partial charge in [0.15, 0.2) is 0 Å². The van der Waals surface area contributed by atoms with E-state index in [0.29, 0.717) is 0 Å². The molecular weight excluding hydrogens is 250 g/mol. The zero-order chi connectivity index (χ0) is 13.9. The van der Waals surface area contributed by atoms with Crippen molar-refractivity contribution in [2.45, 2.75) is 58.8 Å². The highest BCUT2D eigenvalue weighted by molar-refractivity contribution is 5.12. The maximum Gasteiger partial charge on any atom is 0.0953 e. The minimum absolute atomic E-state index is 0.730. The SMILES string of the molecule is CCc1cc(Cn2cnc(CNC3CC3)c2)n(CC)n1. The highest BCUT2D eigenvalue weighted by atomic mass is 15.3. The predicted molar refractivity (Wildman–Crippen MR) is 78.5 cm³/mol. The van der Waals surface area contributed by atoms with Crippen molar-refractivity contribution < 1.29 is 0 Å². The molecule has 0 radical (unpaired) electrons. The van der Waals surface area contributed by atoms with Crippen molar-refractivity contribution in [3.8, 4) is 0 Å². The maximum absolute atomic E-state index is 4.59. The molecule has 2 aromatic heterocycles. The topological polar surface area (TPSA) is 47.7 Å². The van der Waals surface area contributed by atoms with Crippen molar-refractivity contribution in [1.82, 2.24) is 24.6 Å². The molecule has 3 rings (SSSR count). The average Bonchev–Trinajstić information content (AvgIpc) is 3.05. The molecule has 0 spiro atoms. The summed E-state index contributed by atoms with van der Waals surface area (Å²) in [7, 11) is 0. The molecule has 5 heteroatoms. The Morgan fingerprint density at radius 1 is 1.30 bits per heavy atom. The van der Waals surface area contributed by atoms with Crippen molar-refractivity contribution in [3.05, 3.63) is 35.7 Å². The fourth-order valence-electron chi connectivity index (χ4n) is 2.40. The van der Waals surface area contributed by atoms with Crippen LogP contribution in [0.5, 0.6) is 0 Å². The average molecular weight is 273 g/mol. The zero-order valence-electron chi connectivity index (χ0n) is 12.3. The molecule has 1 aliphatic carbocycles. The number of hydrogen-bond acceptors (Lipinski definition) is 3. The van der Waals surface area contributed by atoms with Gasteiger partial charge in [-0.3, -0.25) is 4.68 Å². The molecule has 0 saturated heterocycles. The third kappa shape index (κ3) is 3.10. The fourth-order valence-corrected chi connectivity index (χ4v) is 2.40. The van der Waals surface area contributed by atoms with Crippen LogP contribution < -0.4 is 5.32 Å². The van der Waals surface area contributed by atoms with Crippen LogP contribution in [0.1, 0.15) is 43.8 Å². The Labute approximate surface area is 120 Å². The van der Waals surface area contributed by atoms with Gasteiger partial charge in [-0.05, 0) is 32.3 Å². The molecule has 2 aromatic rings. The van der Waals surface area contributed by atoms with Crippen molar-refractivity contribution in [3.63, 3.8) is 0 Å². The summed E-state index contributed by atoms with van der Waals surface area (Å²) in [4.78, 5) is 4.47. The van der Waals surface area contributed by atoms with Gasteiger partial charge in [-0.25, -0.2) is 4.98 Å². The largest absolute Gasteiger partial charge is 0.331 e. The van der Waals surface area contributed by atoms with Crippen LogP contribution in [0.25, 0.3) is 0 Å². The van der Waals surface area contributed by atoms with E-state index in [1.807, 2.05) is 6.33 Å². The Balaban J connectivity index is 1.65. The van der Waals surface area contributed by atoms with Crippen LogP contribution in [-0.2, 0) is 26.1 Å². The first-order valence-electron chi connectivity index (χ1n) is 7.58. The van der Waals surface area contributed by atoms with E-state index in [1.165, 1.54) is 18.5 Å². The molecule has 2 heterocycles. The van der Waals surface area contributed by atoms with Gasteiger partial charge in [-0.15, -0.1) is 0 Å². The monoisotopic (exact) mass is 273 g/mol. The van der Waals surface area contributed by atoms with Crippen LogP contribution in [0.4, 0.5) is 0 Å². The third-order valence-electron chi connectivity index (χ3n) is 3.76. The zero-order valence-corrected chi connectivity index (χ0v) is 12.3. The van der Waals surface area contributed by atoms with Gasteiger partial charge in [0.25, 0.3) is 0 Å². The first-order valence-corrected chi connectivity index (χ1v) is 7.58. The molecule has 1 N–H and O–H groups in total. The maximum atomic E-state index is 4.59. The van der Waals surface area contributed by atoms with E-state index < -0.39 is 0 Å². The van der Waals surface area contributed by atoms with E-state index in [4.69, 9.17) is 0 Å². The summed E-state index contributed by atoms with van der Waals surface area (Å²) in [5, 5.41) is 8.08. The van der Waals surface area contributed by atoms with Gasteiger partial charge >= 0.3 is 0 Å². The molecule has 1 fully saturated rings. The number of nitrogens with one attached hydrogen (secondary N) is 1. The second-order valence-corrected chi connectivity index (χ2v) is 5.49. The summed E-state index contributed by atoms with van der Waals surface area (Å²) in [6.45, 7) is 6.92. The second kappa shape index (κ2) is 5.79. The van der Waals surface area contributed by atoms with Gasteiger partial charge in [-0.1, -0.05) is 6.92 Å². The van der Waals surface area contributed by atoms with Crippen LogP contribution >= 0.6 is 0 Å². The molecule has 1 aliphatic rings. The Morgan fingerprint density at radius 2 is 2.15 bits per heavy atom. The second-order valence-electron chi connectivity index (χ2n) is 5.49. The Bertz CT molecular complexity index is 565. The molecule has 0 aliphatic heterocycles. The normalized spacial score (nSPS) is 14.9. The Hall–Kier alpha value is -1.62. The number of nitrogens with zero attached hydrogens (tertiary/aromatic N) is 4. The van der Waals surface area contributed by atoms with E-state index in [2.05, 4.69) is 50.8 Å². The predicted octanol–water partition coefficient (Wildman–Crippen LogP) is 1.96. The van der Waals surface area contributed by atoms with Crippen molar-refractivity contribution >= 4 is 0 Å². The smallest absolute Gasteiger partial charge is 0.0953 e. The van der Waals surface area contributed by atoms with Crippen molar-refractivity contribution in [2.75, 3.05) is 0 Å². The molecule has 5 nitrogen and oxygen atoms in total. The lowest BCUT2D eigenvalue weighted by Gasteiger charge is -2.04. The van der Waals surface area contributed by atoms with Gasteiger partial charge in [0.05, 0.1) is 30.0 Å². The van der Waals surface area contributed by atoms with Gasteiger partial charge in [0.1, 0.15) is 0 Å². The lowest BCUT2D eigenvalue weighted by Crippen LogP contribution is -2.15. The Kier molecular flexibility index (Phi) is 3.87. The van der Waals surface area contributed by atoms with Crippen LogP contribution in [-0.4, -0.2) is 25.4 Å². The van der Waals surface area contributed by atoms with Crippen LogP contribution in [0, 0.1) is 0 Å². The molecular formula is C15H23N5. The van der Waals surface area contributed by atoms with E-state index >= 15 is 0 Å². The lowest BCUT2D eigenvalue weighted by molar-refractivity contribution is 0.594. The first-order chi connectivity index (χ1) is 9.78. The van der Waals surface area contributed by atoms with Gasteiger partial charge in [0.2, 0.25) is 0 Å². The first kappa shape index (κ1) is 13.4. The summed E-state index contributed by atoms with van der Waals surface area (Å²) in [5.41, 5.74) is 3.54. The van der Waals surface area contributed by atoms with E-state index in [1.54, 1.807) is 0 Å². The molecule has 0 amide bonds. The third-order valence-corrected chi connectivity index (χ3v) is 3.76. The summed E-state index contributed by atoms with van der Waals surface area (Å²) in [6, 6.07) is 2.93. The minimum atomic E-state index is 0.730. The van der Waals surface area contributed by atoms with Crippen molar-refractivity contribution in [2.24, 2.45) is 0 Å². The molecule has 0 atom stereocenters. The summed E-state index contributed by atoms with van der Waals surface area (Å²) in [5.74, 6) is 0. The minimum Gasteiger partial charge on any atom is -0.331 e. The molecule has 0 unspecified atom stereocenters. The molecule has 1 saturated carbocycles. The molecule has 0 aromatic carbocycles. The highest BCUT2D eigenvalue weighted by Gasteiger charge is 2.20. The molecule has 108 valence electrons. The number of imidazole rings is 1.